The maximum absolute atomic E-state index is 10.4. The molecule has 0 unspecified atom stereocenters. The topological polar surface area (TPSA) is 57.5 Å². The highest BCUT2D eigenvalue weighted by Gasteiger charge is 2.14. The smallest absolute Gasteiger partial charge is 0.423 e. The van der Waals surface area contributed by atoms with Crippen molar-refractivity contribution in [3.63, 3.8) is 0 Å². The van der Waals surface area contributed by atoms with Crippen molar-refractivity contribution in [2.45, 2.75) is 0 Å². The number of hydrogen-bond donors (Lipinski definition) is 2. The largest absolute Gasteiger partial charge is 0.489 e. The minimum atomic E-state index is -1.66. The van der Waals surface area contributed by atoms with Gasteiger partial charge in [-0.2, -0.15) is 0 Å². The van der Waals surface area contributed by atoms with Gasteiger partial charge in [-0.1, -0.05) is 23.7 Å². The van der Waals surface area contributed by atoms with E-state index >= 15 is 0 Å². The van der Waals surface area contributed by atoms with Gasteiger partial charge in [0.25, 0.3) is 0 Å². The van der Waals surface area contributed by atoms with Gasteiger partial charge in [-0.25, -0.2) is 0 Å². The van der Waals surface area contributed by atoms with Gasteiger partial charge in [-0.05, 0) is 5.46 Å². The monoisotopic (exact) mass is 160 g/mol. The number of rotatable bonds is 2. The lowest BCUT2D eigenvalue weighted by Gasteiger charge is -2.03. The molecular formula is C7H6B2O3. The fraction of sp³-hybridized carbons (Fsp3) is 0. The van der Waals surface area contributed by atoms with Crippen molar-refractivity contribution in [3.8, 4) is 0 Å². The van der Waals surface area contributed by atoms with Gasteiger partial charge < -0.3 is 10.0 Å². The highest BCUT2D eigenvalue weighted by Crippen LogP contribution is 1.90. The summed E-state index contributed by atoms with van der Waals surface area (Å²) in [6.07, 6.45) is 0.550. The molecular weight excluding hydrogens is 154 g/mol. The lowest BCUT2D eigenvalue weighted by Crippen LogP contribution is -2.35. The molecule has 0 heterocycles. The molecule has 2 radical (unpaired) electrons. The summed E-state index contributed by atoms with van der Waals surface area (Å²) in [7, 11) is 3.72. The Morgan fingerprint density at radius 1 is 1.42 bits per heavy atom. The molecule has 0 aromatic heterocycles. The van der Waals surface area contributed by atoms with Crippen molar-refractivity contribution in [1.82, 2.24) is 0 Å². The van der Waals surface area contributed by atoms with Gasteiger partial charge in [0, 0.05) is 5.56 Å². The van der Waals surface area contributed by atoms with E-state index in [9.17, 15) is 4.79 Å². The molecule has 1 aromatic carbocycles. The Labute approximate surface area is 71.6 Å². The number of aldehydes is 1. The predicted molar refractivity (Wildman–Crippen MR) is 47.0 cm³/mol. The van der Waals surface area contributed by atoms with Crippen LogP contribution >= 0.6 is 0 Å². The summed E-state index contributed by atoms with van der Waals surface area (Å²) in [5.74, 6) is 0. The zero-order chi connectivity index (χ0) is 9.14. The summed E-state index contributed by atoms with van der Waals surface area (Å²) in [5.41, 5.74) is 0.757. The van der Waals surface area contributed by atoms with Crippen molar-refractivity contribution in [1.29, 1.82) is 0 Å². The van der Waals surface area contributed by atoms with E-state index in [2.05, 4.69) is 0 Å². The van der Waals surface area contributed by atoms with Crippen molar-refractivity contribution in [2.75, 3.05) is 0 Å². The van der Waals surface area contributed by atoms with E-state index in [4.69, 9.17) is 17.9 Å². The van der Waals surface area contributed by atoms with Crippen LogP contribution in [-0.2, 0) is 0 Å². The third kappa shape index (κ3) is 1.75. The van der Waals surface area contributed by atoms with E-state index in [1.54, 1.807) is 0 Å². The molecule has 1 aromatic rings. The number of hydrogen-bond acceptors (Lipinski definition) is 3. The first kappa shape index (κ1) is 9.03. The van der Waals surface area contributed by atoms with Crippen LogP contribution in [0.15, 0.2) is 18.2 Å². The molecule has 58 valence electrons. The second-order valence-corrected chi connectivity index (χ2v) is 2.38. The fourth-order valence-electron chi connectivity index (χ4n) is 0.924. The highest BCUT2D eigenvalue weighted by atomic mass is 16.4. The normalized spacial score (nSPS) is 9.50. The van der Waals surface area contributed by atoms with Gasteiger partial charge in [0.05, 0.1) is 0 Å². The molecule has 1 rings (SSSR count). The van der Waals surface area contributed by atoms with Crippen molar-refractivity contribution in [2.24, 2.45) is 0 Å². The quantitative estimate of drug-likeness (QED) is 0.387. The van der Waals surface area contributed by atoms with Crippen molar-refractivity contribution >= 4 is 32.2 Å². The van der Waals surface area contributed by atoms with E-state index in [1.165, 1.54) is 18.2 Å². The Balaban J connectivity index is 3.21. The molecule has 0 saturated carbocycles. The van der Waals surface area contributed by atoms with E-state index in [0.717, 1.165) is 0 Å². The Hall–Kier alpha value is -1.06. The van der Waals surface area contributed by atoms with Crippen molar-refractivity contribution < 1.29 is 14.8 Å². The van der Waals surface area contributed by atoms with Crippen LogP contribution < -0.4 is 10.9 Å². The summed E-state index contributed by atoms with van der Waals surface area (Å²) in [5, 5.41) is 17.6. The Bertz CT molecular complexity index is 299. The van der Waals surface area contributed by atoms with Crippen LogP contribution in [0.4, 0.5) is 0 Å². The predicted octanol–water partition coefficient (Wildman–Crippen LogP) is -2.03. The molecule has 0 spiro atoms. The fourth-order valence-corrected chi connectivity index (χ4v) is 0.924. The average Bonchev–Trinajstić information content (AvgIpc) is 2.04. The van der Waals surface area contributed by atoms with Gasteiger partial charge >= 0.3 is 7.12 Å². The minimum Gasteiger partial charge on any atom is -0.423 e. The molecule has 3 nitrogen and oxygen atoms in total. The van der Waals surface area contributed by atoms with Gasteiger partial charge in [0.2, 0.25) is 0 Å². The Morgan fingerprint density at radius 3 is 2.58 bits per heavy atom. The lowest BCUT2D eigenvalue weighted by atomic mass is 9.74. The first-order chi connectivity index (χ1) is 5.65. The number of carbonyl (C=O) groups is 1. The molecule has 12 heavy (non-hydrogen) atoms. The zero-order valence-electron chi connectivity index (χ0n) is 6.27. The number of carbonyl (C=O) groups excluding carboxylic acids is 1. The summed E-state index contributed by atoms with van der Waals surface area (Å²) in [6.45, 7) is 0. The summed E-state index contributed by atoms with van der Waals surface area (Å²) >= 11 is 0. The molecule has 0 saturated heterocycles. The first-order valence-electron chi connectivity index (χ1n) is 3.36. The van der Waals surface area contributed by atoms with E-state index < -0.39 is 7.12 Å². The maximum Gasteiger partial charge on any atom is 0.489 e. The van der Waals surface area contributed by atoms with Gasteiger partial charge in [-0.15, -0.1) is 0 Å². The third-order valence-electron chi connectivity index (χ3n) is 1.52. The zero-order valence-corrected chi connectivity index (χ0v) is 6.27. The van der Waals surface area contributed by atoms with Crippen LogP contribution in [-0.4, -0.2) is 31.3 Å². The Morgan fingerprint density at radius 2 is 2.08 bits per heavy atom. The summed E-state index contributed by atoms with van der Waals surface area (Å²) in [4.78, 5) is 10.4. The maximum atomic E-state index is 10.4. The molecule has 0 aliphatic carbocycles. The van der Waals surface area contributed by atoms with Gasteiger partial charge in [0.15, 0.2) is 0 Å². The molecule has 0 fully saturated rings. The van der Waals surface area contributed by atoms with Crippen LogP contribution in [0.2, 0.25) is 0 Å². The molecule has 5 heteroatoms. The standard InChI is InChI=1S/C7H6B2O3/c8-6-2-1-5(4-10)7(3-6)9(11)12/h1-4,11-12H. The molecule has 0 aliphatic rings. The SMILES string of the molecule is [B]c1ccc(C=O)c(B(O)O)c1. The minimum absolute atomic E-state index is 0.130. The van der Waals surface area contributed by atoms with E-state index in [1.807, 2.05) is 0 Å². The van der Waals surface area contributed by atoms with Gasteiger partial charge in [0.1, 0.15) is 14.1 Å². The molecule has 0 atom stereocenters. The molecule has 0 bridgehead atoms. The summed E-state index contributed by atoms with van der Waals surface area (Å²) in [6, 6.07) is 4.32. The van der Waals surface area contributed by atoms with Gasteiger partial charge in [-0.3, -0.25) is 4.79 Å². The molecule has 0 aliphatic heterocycles. The first-order valence-corrected chi connectivity index (χ1v) is 3.36. The molecule has 0 amide bonds. The highest BCUT2D eigenvalue weighted by molar-refractivity contribution is 6.60. The van der Waals surface area contributed by atoms with Crippen LogP contribution in [0.3, 0.4) is 0 Å². The summed E-state index contributed by atoms with van der Waals surface area (Å²) < 4.78 is 0. The van der Waals surface area contributed by atoms with Crippen LogP contribution in [0, 0.1) is 0 Å². The third-order valence-corrected chi connectivity index (χ3v) is 1.52. The second-order valence-electron chi connectivity index (χ2n) is 2.38. The van der Waals surface area contributed by atoms with Crippen molar-refractivity contribution in [3.05, 3.63) is 23.8 Å². The second kappa shape index (κ2) is 3.56. The van der Waals surface area contributed by atoms with Crippen LogP contribution in [0.1, 0.15) is 10.4 Å². The number of benzene rings is 1. The molecule has 2 N–H and O–H groups in total. The van der Waals surface area contributed by atoms with Crippen LogP contribution in [0.5, 0.6) is 0 Å². The van der Waals surface area contributed by atoms with E-state index in [0.29, 0.717) is 11.7 Å². The van der Waals surface area contributed by atoms with Crippen LogP contribution in [0.25, 0.3) is 0 Å². The lowest BCUT2D eigenvalue weighted by molar-refractivity contribution is 0.112. The average molecular weight is 160 g/mol. The Kier molecular flexibility index (Phi) is 2.68. The van der Waals surface area contributed by atoms with E-state index in [-0.39, 0.29) is 11.0 Å².